The van der Waals surface area contributed by atoms with E-state index in [1.54, 1.807) is 0 Å². The van der Waals surface area contributed by atoms with Crippen LogP contribution in [0, 0.1) is 0 Å². The Morgan fingerprint density at radius 2 is 1.76 bits per heavy atom. The Kier molecular flexibility index (Phi) is 3.11. The Labute approximate surface area is 118 Å². The van der Waals surface area contributed by atoms with E-state index in [4.69, 9.17) is 0 Å². The van der Waals surface area contributed by atoms with Gasteiger partial charge in [-0.25, -0.2) is 0 Å². The van der Waals surface area contributed by atoms with Crippen LogP contribution >= 0.6 is 0 Å². The molecule has 0 aromatic heterocycles. The van der Waals surface area contributed by atoms with Gasteiger partial charge in [-0.05, 0) is 31.4 Å². The SMILES string of the molecule is O=C1CCCC/C1=C1/C(=O)Nc2cccc(C(F)(F)F)c21. The third-order valence-electron chi connectivity index (χ3n) is 3.81. The van der Waals surface area contributed by atoms with Crippen LogP contribution in [0.4, 0.5) is 18.9 Å². The molecule has 1 aromatic rings. The molecule has 1 aliphatic heterocycles. The fourth-order valence-corrected chi connectivity index (χ4v) is 2.89. The topological polar surface area (TPSA) is 46.2 Å². The van der Waals surface area contributed by atoms with Gasteiger partial charge in [0.05, 0.1) is 11.1 Å². The molecule has 0 bridgehead atoms. The van der Waals surface area contributed by atoms with E-state index in [1.165, 1.54) is 12.1 Å². The van der Waals surface area contributed by atoms with Crippen LogP contribution in [0.3, 0.4) is 0 Å². The van der Waals surface area contributed by atoms with Crippen molar-refractivity contribution >= 4 is 23.0 Å². The Hall–Kier alpha value is -2.11. The molecular formula is C15H12F3NO2. The predicted octanol–water partition coefficient (Wildman–Crippen LogP) is 3.55. The summed E-state index contributed by atoms with van der Waals surface area (Å²) in [5.74, 6) is -0.844. The van der Waals surface area contributed by atoms with Gasteiger partial charge in [0.2, 0.25) is 0 Å². The van der Waals surface area contributed by atoms with E-state index in [9.17, 15) is 22.8 Å². The first-order valence-corrected chi connectivity index (χ1v) is 6.68. The summed E-state index contributed by atoms with van der Waals surface area (Å²) in [7, 11) is 0. The molecule has 1 saturated carbocycles. The first-order chi connectivity index (χ1) is 9.89. The van der Waals surface area contributed by atoms with Crippen molar-refractivity contribution in [3.8, 4) is 0 Å². The number of carbonyl (C=O) groups excluding carboxylic acids is 2. The number of benzene rings is 1. The summed E-state index contributed by atoms with van der Waals surface area (Å²) >= 11 is 0. The van der Waals surface area contributed by atoms with Gasteiger partial charge in [-0.15, -0.1) is 0 Å². The zero-order chi connectivity index (χ0) is 15.2. The zero-order valence-corrected chi connectivity index (χ0v) is 11.0. The van der Waals surface area contributed by atoms with Crippen LogP contribution in [0.25, 0.3) is 5.57 Å². The Morgan fingerprint density at radius 1 is 1.05 bits per heavy atom. The summed E-state index contributed by atoms with van der Waals surface area (Å²) in [4.78, 5) is 24.0. The molecule has 21 heavy (non-hydrogen) atoms. The van der Waals surface area contributed by atoms with Crippen LogP contribution in [0.5, 0.6) is 0 Å². The molecule has 0 atom stereocenters. The Balaban J connectivity index is 2.26. The molecule has 2 aliphatic rings. The lowest BCUT2D eigenvalue weighted by atomic mass is 9.86. The third-order valence-corrected chi connectivity index (χ3v) is 3.81. The molecular weight excluding hydrogens is 283 g/mol. The fraction of sp³-hybridized carbons (Fsp3) is 0.333. The fourth-order valence-electron chi connectivity index (χ4n) is 2.89. The van der Waals surface area contributed by atoms with Crippen molar-refractivity contribution in [1.82, 2.24) is 0 Å². The van der Waals surface area contributed by atoms with Gasteiger partial charge in [0.1, 0.15) is 0 Å². The monoisotopic (exact) mass is 295 g/mol. The lowest BCUT2D eigenvalue weighted by molar-refractivity contribution is -0.137. The molecule has 0 saturated heterocycles. The van der Waals surface area contributed by atoms with E-state index in [1.807, 2.05) is 0 Å². The highest BCUT2D eigenvalue weighted by Gasteiger charge is 2.41. The van der Waals surface area contributed by atoms with Crippen LogP contribution in [-0.2, 0) is 15.8 Å². The zero-order valence-electron chi connectivity index (χ0n) is 11.0. The molecule has 110 valence electrons. The number of hydrogen-bond acceptors (Lipinski definition) is 2. The maximum atomic E-state index is 13.2. The van der Waals surface area contributed by atoms with E-state index in [0.29, 0.717) is 19.3 Å². The summed E-state index contributed by atoms with van der Waals surface area (Å²) in [6.07, 6.45) is -2.50. The van der Waals surface area contributed by atoms with E-state index in [0.717, 1.165) is 6.07 Å². The number of allylic oxidation sites excluding steroid dienone is 1. The lowest BCUT2D eigenvalue weighted by Crippen LogP contribution is -2.16. The number of amides is 1. The molecule has 1 amide bonds. The maximum absolute atomic E-state index is 13.2. The standard InChI is InChI=1S/C15H12F3NO2/c16-15(17,18)9-5-3-6-10-13(9)12(14(21)19-10)8-4-1-2-7-11(8)20/h3,5-6H,1-2,4,7H2,(H,19,21)/b12-8-. The number of rotatable bonds is 0. The van der Waals surface area contributed by atoms with Crippen molar-refractivity contribution in [1.29, 1.82) is 0 Å². The predicted molar refractivity (Wildman–Crippen MR) is 70.5 cm³/mol. The third kappa shape index (κ3) is 2.24. The molecule has 3 nitrogen and oxygen atoms in total. The number of Topliss-reactive ketones (excluding diaryl/α,β-unsaturated/α-hetero) is 1. The van der Waals surface area contributed by atoms with Gasteiger partial charge in [0.25, 0.3) is 5.91 Å². The van der Waals surface area contributed by atoms with E-state index < -0.39 is 17.6 Å². The molecule has 6 heteroatoms. The minimum atomic E-state index is -4.57. The smallest absolute Gasteiger partial charge is 0.321 e. The van der Waals surface area contributed by atoms with Crippen LogP contribution in [0.1, 0.15) is 36.8 Å². The maximum Gasteiger partial charge on any atom is 0.417 e. The van der Waals surface area contributed by atoms with E-state index in [2.05, 4.69) is 5.32 Å². The minimum absolute atomic E-state index is 0.0948. The van der Waals surface area contributed by atoms with Gasteiger partial charge in [-0.3, -0.25) is 9.59 Å². The highest BCUT2D eigenvalue weighted by molar-refractivity contribution is 6.36. The normalized spacial score (nSPS) is 22.2. The lowest BCUT2D eigenvalue weighted by Gasteiger charge is -2.17. The van der Waals surface area contributed by atoms with Crippen molar-refractivity contribution in [2.24, 2.45) is 0 Å². The van der Waals surface area contributed by atoms with Crippen LogP contribution in [-0.4, -0.2) is 11.7 Å². The highest BCUT2D eigenvalue weighted by Crippen LogP contribution is 2.44. The second kappa shape index (κ2) is 4.72. The molecule has 0 spiro atoms. The number of fused-ring (bicyclic) bond motifs is 1. The van der Waals surface area contributed by atoms with Gasteiger partial charge in [0, 0.05) is 23.2 Å². The van der Waals surface area contributed by atoms with E-state index >= 15 is 0 Å². The number of halogens is 3. The van der Waals surface area contributed by atoms with Crippen molar-refractivity contribution in [3.63, 3.8) is 0 Å². The number of ketones is 1. The number of carbonyl (C=O) groups is 2. The van der Waals surface area contributed by atoms with Gasteiger partial charge in [-0.1, -0.05) is 6.07 Å². The first-order valence-electron chi connectivity index (χ1n) is 6.68. The average molecular weight is 295 g/mol. The largest absolute Gasteiger partial charge is 0.417 e. The second-order valence-corrected chi connectivity index (χ2v) is 5.16. The summed E-state index contributed by atoms with van der Waals surface area (Å²) in [5.41, 5.74) is -0.799. The van der Waals surface area contributed by atoms with Crippen molar-refractivity contribution < 1.29 is 22.8 Å². The highest BCUT2D eigenvalue weighted by atomic mass is 19.4. The quantitative estimate of drug-likeness (QED) is 0.744. The summed E-state index contributed by atoms with van der Waals surface area (Å²) in [5, 5.41) is 2.43. The Bertz CT molecular complexity index is 674. The van der Waals surface area contributed by atoms with Crippen molar-refractivity contribution in [3.05, 3.63) is 34.9 Å². The van der Waals surface area contributed by atoms with Gasteiger partial charge < -0.3 is 5.32 Å². The van der Waals surface area contributed by atoms with E-state index in [-0.39, 0.29) is 34.6 Å². The average Bonchev–Trinajstić information content (AvgIpc) is 2.74. The van der Waals surface area contributed by atoms with Crippen molar-refractivity contribution in [2.75, 3.05) is 5.32 Å². The van der Waals surface area contributed by atoms with Crippen LogP contribution in [0.2, 0.25) is 0 Å². The molecule has 1 heterocycles. The first kappa shape index (κ1) is 13.9. The van der Waals surface area contributed by atoms with Gasteiger partial charge in [0.15, 0.2) is 5.78 Å². The number of alkyl halides is 3. The van der Waals surface area contributed by atoms with Gasteiger partial charge >= 0.3 is 6.18 Å². The molecule has 0 unspecified atom stereocenters. The molecule has 1 aliphatic carbocycles. The van der Waals surface area contributed by atoms with Crippen LogP contribution in [0.15, 0.2) is 23.8 Å². The molecule has 0 radical (unpaired) electrons. The van der Waals surface area contributed by atoms with Crippen LogP contribution < -0.4 is 5.32 Å². The number of nitrogens with one attached hydrogen (secondary N) is 1. The number of anilines is 1. The molecule has 1 aromatic carbocycles. The van der Waals surface area contributed by atoms with Crippen molar-refractivity contribution in [2.45, 2.75) is 31.9 Å². The minimum Gasteiger partial charge on any atom is -0.321 e. The van der Waals surface area contributed by atoms with Gasteiger partial charge in [-0.2, -0.15) is 13.2 Å². The second-order valence-electron chi connectivity index (χ2n) is 5.16. The summed E-state index contributed by atoms with van der Waals surface area (Å²) in [6.45, 7) is 0. The Morgan fingerprint density at radius 3 is 2.43 bits per heavy atom. The number of hydrogen-bond donors (Lipinski definition) is 1. The molecule has 3 rings (SSSR count). The summed E-state index contributed by atoms with van der Waals surface area (Å²) in [6, 6.07) is 3.61. The summed E-state index contributed by atoms with van der Waals surface area (Å²) < 4.78 is 39.5. The molecule has 1 N–H and O–H groups in total. The molecule has 1 fully saturated rings.